The van der Waals surface area contributed by atoms with E-state index in [1.54, 1.807) is 0 Å². The fourth-order valence-electron chi connectivity index (χ4n) is 5.06. The van der Waals surface area contributed by atoms with Crippen molar-refractivity contribution in [3.63, 3.8) is 0 Å². The number of benzene rings is 2. The molecule has 0 unspecified atom stereocenters. The van der Waals surface area contributed by atoms with Crippen LogP contribution in [0.5, 0.6) is 11.5 Å². The van der Waals surface area contributed by atoms with Gasteiger partial charge < -0.3 is 19.8 Å². The fraction of sp³-hybridized carbons (Fsp3) is 0.346. The Morgan fingerprint density at radius 3 is 2.97 bits per heavy atom. The lowest BCUT2D eigenvalue weighted by Crippen LogP contribution is -2.40. The molecule has 2 aromatic carbocycles. The van der Waals surface area contributed by atoms with E-state index in [0.717, 1.165) is 54.0 Å². The number of aromatic amines is 1. The number of aromatic nitrogens is 2. The predicted molar refractivity (Wildman–Crippen MR) is 123 cm³/mol. The summed E-state index contributed by atoms with van der Waals surface area (Å²) in [6, 6.07) is 16.7. The molecule has 2 atom stereocenters. The van der Waals surface area contributed by atoms with E-state index in [0.29, 0.717) is 12.5 Å². The smallest absolute Gasteiger partial charge is 0.171 e. The second kappa shape index (κ2) is 7.57. The van der Waals surface area contributed by atoms with Crippen LogP contribution in [0.1, 0.15) is 23.4 Å². The molecule has 3 heterocycles. The van der Waals surface area contributed by atoms with Crippen molar-refractivity contribution in [3.8, 4) is 11.5 Å². The third kappa shape index (κ3) is 3.43. The minimum Gasteiger partial charge on any atom is -0.486 e. The molecule has 158 valence electrons. The van der Waals surface area contributed by atoms with Gasteiger partial charge in [-0.2, -0.15) is 0 Å². The molecule has 31 heavy (non-hydrogen) atoms. The summed E-state index contributed by atoms with van der Waals surface area (Å²) in [6.07, 6.45) is 3.49. The van der Waals surface area contributed by atoms with E-state index >= 15 is 0 Å². The van der Waals surface area contributed by atoms with Gasteiger partial charge >= 0.3 is 0 Å². The highest BCUT2D eigenvalue weighted by Gasteiger charge is 2.25. The Morgan fingerprint density at radius 2 is 2.00 bits per heavy atom. The monoisotopic (exact) mass is 413 g/mol. The van der Waals surface area contributed by atoms with Crippen LogP contribution >= 0.6 is 0 Å². The van der Waals surface area contributed by atoms with Crippen molar-refractivity contribution in [1.29, 1.82) is 0 Å². The first-order chi connectivity index (χ1) is 15.2. The van der Waals surface area contributed by atoms with Gasteiger partial charge in [-0.3, -0.25) is 4.98 Å². The number of hydrogen-bond donors (Lipinski definition) is 2. The Kier molecular flexibility index (Phi) is 4.57. The number of pyridine rings is 1. The second-order valence-electron chi connectivity index (χ2n) is 8.86. The van der Waals surface area contributed by atoms with Crippen LogP contribution in [0.25, 0.3) is 21.8 Å². The number of aryl methyl sites for hydroxylation is 2. The highest BCUT2D eigenvalue weighted by Crippen LogP contribution is 2.38. The number of H-pyrrole nitrogens is 1. The highest BCUT2D eigenvalue weighted by atomic mass is 16.6. The maximum absolute atomic E-state index is 6.34. The molecule has 0 radical (unpaired) electrons. The number of fused-ring (bicyclic) bond motifs is 6. The lowest BCUT2D eigenvalue weighted by molar-refractivity contribution is 0.0915. The summed E-state index contributed by atoms with van der Waals surface area (Å²) in [5.74, 6) is 2.28. The number of ether oxygens (including phenoxy) is 2. The minimum absolute atomic E-state index is 0.00614. The van der Waals surface area contributed by atoms with E-state index in [-0.39, 0.29) is 6.10 Å². The summed E-state index contributed by atoms with van der Waals surface area (Å²) in [4.78, 5) is 8.25. The summed E-state index contributed by atoms with van der Waals surface area (Å²) < 4.78 is 12.3. The standard InChI is InChI=1S/C26H27N3O2/c1-16-6-8-21-23(28-16)10-11-25-26(21)31-18(15-30-25)14-27-13-17-7-9-20-19-4-2-3-5-22(19)29-24(20)12-17/h2-6,8,10-11,17-18,27,29H,7,9,12-15H2,1H3/t17-,18+/m1/s1. The van der Waals surface area contributed by atoms with Gasteiger partial charge in [0.25, 0.3) is 0 Å². The van der Waals surface area contributed by atoms with E-state index in [1.807, 2.05) is 25.1 Å². The Bertz CT molecular complexity index is 1260. The minimum atomic E-state index is 0.00614. The lowest BCUT2D eigenvalue weighted by atomic mass is 9.87. The maximum atomic E-state index is 6.34. The number of nitrogens with zero attached hydrogens (tertiary/aromatic N) is 1. The Balaban J connectivity index is 1.09. The third-order valence-corrected chi connectivity index (χ3v) is 6.64. The van der Waals surface area contributed by atoms with Gasteiger partial charge in [-0.15, -0.1) is 0 Å². The summed E-state index contributed by atoms with van der Waals surface area (Å²) in [5, 5.41) is 6.06. The molecule has 2 N–H and O–H groups in total. The number of hydrogen-bond acceptors (Lipinski definition) is 4. The topological polar surface area (TPSA) is 59.2 Å². The Labute approximate surface area is 181 Å². The largest absolute Gasteiger partial charge is 0.486 e. The molecular weight excluding hydrogens is 386 g/mol. The van der Waals surface area contributed by atoms with Gasteiger partial charge in [0.2, 0.25) is 0 Å². The molecule has 5 nitrogen and oxygen atoms in total. The molecular formula is C26H27N3O2. The van der Waals surface area contributed by atoms with Crippen LogP contribution in [0.15, 0.2) is 48.5 Å². The zero-order valence-electron chi connectivity index (χ0n) is 17.8. The van der Waals surface area contributed by atoms with Gasteiger partial charge in [0, 0.05) is 34.2 Å². The van der Waals surface area contributed by atoms with Crippen molar-refractivity contribution >= 4 is 21.8 Å². The van der Waals surface area contributed by atoms with Crippen LogP contribution in [0, 0.1) is 12.8 Å². The van der Waals surface area contributed by atoms with E-state index < -0.39 is 0 Å². The molecule has 0 bridgehead atoms. The Morgan fingerprint density at radius 1 is 1.06 bits per heavy atom. The SMILES string of the molecule is Cc1ccc2c3c(ccc2n1)OC[C@H](CNC[C@@H]1CCc2c([nH]c4ccccc24)C1)O3. The zero-order valence-corrected chi connectivity index (χ0v) is 17.8. The third-order valence-electron chi connectivity index (χ3n) is 6.64. The molecule has 0 fully saturated rings. The van der Waals surface area contributed by atoms with Crippen LogP contribution in [0.4, 0.5) is 0 Å². The highest BCUT2D eigenvalue weighted by molar-refractivity contribution is 5.88. The van der Waals surface area contributed by atoms with Gasteiger partial charge in [0.1, 0.15) is 12.7 Å². The maximum Gasteiger partial charge on any atom is 0.171 e. The van der Waals surface area contributed by atoms with Crippen LogP contribution in [-0.4, -0.2) is 35.8 Å². The summed E-state index contributed by atoms with van der Waals surface area (Å²) in [5.41, 5.74) is 6.16. The molecule has 0 amide bonds. The predicted octanol–water partition coefficient (Wildman–Crippen LogP) is 4.56. The van der Waals surface area contributed by atoms with Crippen molar-refractivity contribution < 1.29 is 9.47 Å². The van der Waals surface area contributed by atoms with E-state index in [4.69, 9.17) is 9.47 Å². The van der Waals surface area contributed by atoms with Gasteiger partial charge in [-0.1, -0.05) is 18.2 Å². The molecule has 1 aliphatic carbocycles. The molecule has 0 saturated heterocycles. The van der Waals surface area contributed by atoms with Crippen molar-refractivity contribution in [1.82, 2.24) is 15.3 Å². The molecule has 0 spiro atoms. The fourth-order valence-corrected chi connectivity index (χ4v) is 5.06. The normalized spacial score (nSPS) is 20.2. The molecule has 0 saturated carbocycles. The molecule has 4 aromatic rings. The number of para-hydroxylation sites is 1. The quantitative estimate of drug-likeness (QED) is 0.515. The average Bonchev–Trinajstić information content (AvgIpc) is 3.16. The molecule has 1 aliphatic heterocycles. The average molecular weight is 414 g/mol. The van der Waals surface area contributed by atoms with Gasteiger partial charge in [-0.05, 0) is 74.5 Å². The number of nitrogens with one attached hydrogen (secondary N) is 2. The van der Waals surface area contributed by atoms with Gasteiger partial charge in [0.15, 0.2) is 11.5 Å². The van der Waals surface area contributed by atoms with E-state index in [1.165, 1.54) is 28.6 Å². The Hall–Kier alpha value is -3.05. The van der Waals surface area contributed by atoms with Gasteiger partial charge in [0.05, 0.1) is 5.52 Å². The van der Waals surface area contributed by atoms with Crippen LogP contribution in [0.2, 0.25) is 0 Å². The molecule has 2 aliphatic rings. The molecule has 5 heteroatoms. The zero-order chi connectivity index (χ0) is 20.8. The van der Waals surface area contributed by atoms with Crippen molar-refractivity contribution in [2.24, 2.45) is 5.92 Å². The van der Waals surface area contributed by atoms with Crippen molar-refractivity contribution in [3.05, 3.63) is 65.5 Å². The summed E-state index contributed by atoms with van der Waals surface area (Å²) in [6.45, 7) is 4.36. The second-order valence-corrected chi connectivity index (χ2v) is 8.86. The summed E-state index contributed by atoms with van der Waals surface area (Å²) >= 11 is 0. The van der Waals surface area contributed by atoms with E-state index in [2.05, 4.69) is 45.6 Å². The summed E-state index contributed by atoms with van der Waals surface area (Å²) in [7, 11) is 0. The van der Waals surface area contributed by atoms with Crippen LogP contribution in [-0.2, 0) is 12.8 Å². The van der Waals surface area contributed by atoms with Crippen LogP contribution < -0.4 is 14.8 Å². The molecule has 2 aromatic heterocycles. The van der Waals surface area contributed by atoms with Crippen molar-refractivity contribution in [2.45, 2.75) is 32.3 Å². The first-order valence-corrected chi connectivity index (χ1v) is 11.2. The first kappa shape index (κ1) is 18.7. The van der Waals surface area contributed by atoms with Gasteiger partial charge in [-0.25, -0.2) is 0 Å². The van der Waals surface area contributed by atoms with Crippen LogP contribution in [0.3, 0.4) is 0 Å². The number of rotatable bonds is 4. The lowest BCUT2D eigenvalue weighted by Gasteiger charge is -2.29. The molecule has 6 rings (SSSR count). The van der Waals surface area contributed by atoms with E-state index in [9.17, 15) is 0 Å². The van der Waals surface area contributed by atoms with Crippen molar-refractivity contribution in [2.75, 3.05) is 19.7 Å². The first-order valence-electron chi connectivity index (χ1n) is 11.2.